The molecule has 1 fully saturated rings. The number of aryl methyl sites for hydroxylation is 1. The molecule has 3 rings (SSSR count). The van der Waals surface area contributed by atoms with Crippen LogP contribution in [0.25, 0.3) is 0 Å². The fourth-order valence-electron chi connectivity index (χ4n) is 4.59. The number of carbonyl (C=O) groups excluding carboxylic acids is 3. The molecule has 1 unspecified atom stereocenters. The number of nitrogens with zero attached hydrogens (tertiary/aromatic N) is 1. The highest BCUT2D eigenvalue weighted by molar-refractivity contribution is 6.38. The monoisotopic (exact) mass is 556 g/mol. The molecule has 1 aliphatic heterocycles. The van der Waals surface area contributed by atoms with E-state index in [0.717, 1.165) is 30.4 Å². The Bertz CT molecular complexity index is 1090. The Morgan fingerprint density at radius 3 is 2.59 bits per heavy atom. The Morgan fingerprint density at radius 1 is 1.10 bits per heavy atom. The van der Waals surface area contributed by atoms with E-state index in [4.69, 9.17) is 21.3 Å². The second-order valence-electron chi connectivity index (χ2n) is 10.7. The molecular weight excluding hydrogens is 516 g/mol. The Labute approximate surface area is 237 Å². The van der Waals surface area contributed by atoms with Crippen LogP contribution in [-0.4, -0.2) is 48.3 Å². The maximum absolute atomic E-state index is 13.6. The van der Waals surface area contributed by atoms with Gasteiger partial charge >= 0.3 is 5.97 Å². The molecule has 8 heteroatoms. The van der Waals surface area contributed by atoms with Gasteiger partial charge in [-0.15, -0.1) is 0 Å². The van der Waals surface area contributed by atoms with Gasteiger partial charge in [-0.2, -0.15) is 0 Å². The van der Waals surface area contributed by atoms with Crippen molar-refractivity contribution in [3.8, 4) is 5.75 Å². The number of hydrogen-bond acceptors (Lipinski definition) is 6. The number of Topliss-reactive ketones (excluding diaryl/α,β-unsaturated/α-hetero) is 1. The highest BCUT2D eigenvalue weighted by Gasteiger charge is 2.41. The van der Waals surface area contributed by atoms with Gasteiger partial charge in [-0.1, -0.05) is 63.2 Å². The summed E-state index contributed by atoms with van der Waals surface area (Å²) in [7, 11) is 0. The van der Waals surface area contributed by atoms with E-state index < -0.39 is 35.2 Å². The summed E-state index contributed by atoms with van der Waals surface area (Å²) in [5, 5.41) is 0. The number of piperidine rings is 1. The summed E-state index contributed by atoms with van der Waals surface area (Å²) in [6.45, 7) is 6.93. The third-order valence-corrected chi connectivity index (χ3v) is 7.63. The van der Waals surface area contributed by atoms with Gasteiger partial charge in [0.25, 0.3) is 5.91 Å². The molecule has 2 aromatic rings. The number of benzene rings is 2. The van der Waals surface area contributed by atoms with Crippen LogP contribution in [0, 0.1) is 5.41 Å². The van der Waals surface area contributed by atoms with Crippen LogP contribution in [0.1, 0.15) is 76.5 Å². The maximum atomic E-state index is 13.6. The average molecular weight is 557 g/mol. The summed E-state index contributed by atoms with van der Waals surface area (Å²) in [6, 6.07) is 16.8. The fourth-order valence-corrected chi connectivity index (χ4v) is 4.72. The quantitative estimate of drug-likeness (QED) is 0.137. The summed E-state index contributed by atoms with van der Waals surface area (Å²) in [5.41, 5.74) is 1.19. The summed E-state index contributed by atoms with van der Waals surface area (Å²) in [5.74, 6) is -0.835. The van der Waals surface area contributed by atoms with Crippen LogP contribution in [0.5, 0.6) is 5.75 Å². The zero-order chi connectivity index (χ0) is 28.3. The largest absolute Gasteiger partial charge is 0.494 e. The molecule has 2 atom stereocenters. The highest BCUT2D eigenvalue weighted by atomic mass is 35.5. The SMILES string of the molecule is CCC(C)(C)C(=O)C(=O)N1CCCC[C@H]1C(=O)OC(CCc1ccccc1)c1cccc(OCCCNCl)c1. The molecule has 0 saturated carbocycles. The Morgan fingerprint density at radius 2 is 1.87 bits per heavy atom. The fraction of sp³-hybridized carbons (Fsp3) is 0.516. The minimum Gasteiger partial charge on any atom is -0.494 e. The first-order chi connectivity index (χ1) is 18.8. The van der Waals surface area contributed by atoms with Crippen LogP contribution in [0.2, 0.25) is 0 Å². The molecular formula is C31H41ClN2O5. The van der Waals surface area contributed by atoms with Crippen LogP contribution in [0.15, 0.2) is 54.6 Å². The van der Waals surface area contributed by atoms with Crippen molar-refractivity contribution in [1.29, 1.82) is 0 Å². The summed E-state index contributed by atoms with van der Waals surface area (Å²) in [6.07, 6.45) is 4.07. The van der Waals surface area contributed by atoms with Gasteiger partial charge in [0.2, 0.25) is 5.78 Å². The maximum Gasteiger partial charge on any atom is 0.329 e. The number of ketones is 1. The topological polar surface area (TPSA) is 84.9 Å². The summed E-state index contributed by atoms with van der Waals surface area (Å²) in [4.78, 5) is 43.8. The zero-order valence-corrected chi connectivity index (χ0v) is 24.0. The van der Waals surface area contributed by atoms with Crippen molar-refractivity contribution in [2.75, 3.05) is 19.7 Å². The number of halogens is 1. The lowest BCUT2D eigenvalue weighted by molar-refractivity contribution is -0.164. The highest BCUT2D eigenvalue weighted by Crippen LogP contribution is 2.30. The van der Waals surface area contributed by atoms with Gasteiger partial charge in [0.1, 0.15) is 17.9 Å². The average Bonchev–Trinajstić information content (AvgIpc) is 2.97. The molecule has 0 radical (unpaired) electrons. The van der Waals surface area contributed by atoms with E-state index in [1.807, 2.05) is 61.5 Å². The lowest BCUT2D eigenvalue weighted by atomic mass is 9.84. The predicted molar refractivity (Wildman–Crippen MR) is 152 cm³/mol. The molecule has 2 aromatic carbocycles. The Balaban J connectivity index is 1.79. The molecule has 0 spiro atoms. The number of nitrogens with one attached hydrogen (secondary N) is 1. The molecule has 0 aliphatic carbocycles. The van der Waals surface area contributed by atoms with Gasteiger partial charge in [0.05, 0.1) is 6.61 Å². The van der Waals surface area contributed by atoms with Crippen molar-refractivity contribution < 1.29 is 23.9 Å². The molecule has 1 saturated heterocycles. The van der Waals surface area contributed by atoms with Gasteiger partial charge in [-0.3, -0.25) is 9.59 Å². The van der Waals surface area contributed by atoms with E-state index in [1.165, 1.54) is 4.90 Å². The number of carbonyl (C=O) groups is 3. The van der Waals surface area contributed by atoms with E-state index in [9.17, 15) is 14.4 Å². The molecule has 0 aromatic heterocycles. The lowest BCUT2D eigenvalue weighted by Crippen LogP contribution is -2.53. The minimum atomic E-state index is -0.776. The van der Waals surface area contributed by atoms with Crippen molar-refractivity contribution in [1.82, 2.24) is 9.74 Å². The second-order valence-corrected chi connectivity index (χ2v) is 11.0. The second kappa shape index (κ2) is 15.0. The number of rotatable bonds is 14. The van der Waals surface area contributed by atoms with Crippen molar-refractivity contribution in [3.05, 3.63) is 65.7 Å². The molecule has 1 heterocycles. The van der Waals surface area contributed by atoms with Crippen molar-refractivity contribution in [2.45, 2.75) is 77.9 Å². The number of hydrogen-bond donors (Lipinski definition) is 1. The van der Waals surface area contributed by atoms with Gasteiger partial charge in [0, 0.05) is 18.5 Å². The zero-order valence-electron chi connectivity index (χ0n) is 23.3. The molecule has 7 nitrogen and oxygen atoms in total. The number of likely N-dealkylation sites (tertiary alicyclic amines) is 1. The summed E-state index contributed by atoms with van der Waals surface area (Å²) < 4.78 is 12.0. The first-order valence-corrected chi connectivity index (χ1v) is 14.3. The first kappa shape index (κ1) is 30.6. The standard InChI is InChI=1S/C31H41ClN2O5/c1-4-31(2,3)28(35)29(36)34-20-9-8-16-26(34)30(37)39-27(18-17-23-12-6-5-7-13-23)24-14-10-15-25(22-24)38-21-11-19-33-32/h5-7,10,12-15,22,26-27,33H,4,8-9,11,16-21H2,1-3H3/t26-,27?/m0/s1. The van der Waals surface area contributed by atoms with E-state index in [0.29, 0.717) is 51.1 Å². The van der Waals surface area contributed by atoms with Crippen molar-refractivity contribution >= 4 is 29.4 Å². The van der Waals surface area contributed by atoms with Gasteiger partial charge < -0.3 is 14.4 Å². The van der Waals surface area contributed by atoms with Crippen LogP contribution in [0.3, 0.4) is 0 Å². The molecule has 0 bridgehead atoms. The Hall–Kier alpha value is -2.90. The van der Waals surface area contributed by atoms with E-state index in [1.54, 1.807) is 13.8 Å². The van der Waals surface area contributed by atoms with Gasteiger partial charge in [0.15, 0.2) is 0 Å². The molecule has 1 N–H and O–H groups in total. The van der Waals surface area contributed by atoms with Gasteiger partial charge in [-0.05, 0) is 80.0 Å². The molecule has 212 valence electrons. The molecule has 39 heavy (non-hydrogen) atoms. The number of ether oxygens (including phenoxy) is 2. The van der Waals surface area contributed by atoms with E-state index in [-0.39, 0.29) is 0 Å². The predicted octanol–water partition coefficient (Wildman–Crippen LogP) is 5.80. The smallest absolute Gasteiger partial charge is 0.329 e. The molecule has 1 amide bonds. The Kier molecular flexibility index (Phi) is 11.8. The van der Waals surface area contributed by atoms with Crippen LogP contribution >= 0.6 is 11.8 Å². The van der Waals surface area contributed by atoms with E-state index in [2.05, 4.69) is 4.84 Å². The summed E-state index contributed by atoms with van der Waals surface area (Å²) >= 11 is 5.53. The van der Waals surface area contributed by atoms with Crippen LogP contribution in [0.4, 0.5) is 0 Å². The van der Waals surface area contributed by atoms with Crippen LogP contribution < -0.4 is 9.57 Å². The number of esters is 1. The molecule has 1 aliphatic rings. The normalized spacial score (nSPS) is 16.4. The first-order valence-electron chi connectivity index (χ1n) is 13.9. The van der Waals surface area contributed by atoms with E-state index >= 15 is 0 Å². The van der Waals surface area contributed by atoms with Crippen molar-refractivity contribution in [2.24, 2.45) is 5.41 Å². The number of amides is 1. The van der Waals surface area contributed by atoms with Gasteiger partial charge in [-0.25, -0.2) is 9.63 Å². The third-order valence-electron chi connectivity index (χ3n) is 7.44. The third kappa shape index (κ3) is 8.80. The van der Waals surface area contributed by atoms with Crippen LogP contribution in [-0.2, 0) is 25.5 Å². The minimum absolute atomic E-state index is 0.374. The van der Waals surface area contributed by atoms with Crippen molar-refractivity contribution in [3.63, 3.8) is 0 Å². The lowest BCUT2D eigenvalue weighted by Gasteiger charge is -2.36.